The molecule has 1 N–H and O–H groups in total. The molecule has 0 fully saturated rings. The van der Waals surface area contributed by atoms with Crippen LogP contribution in [0.4, 0.5) is 0 Å². The summed E-state index contributed by atoms with van der Waals surface area (Å²) in [5, 5.41) is 3.34. The third-order valence-corrected chi connectivity index (χ3v) is 5.54. The first-order valence-corrected chi connectivity index (χ1v) is 9.37. The second-order valence-electron chi connectivity index (χ2n) is 7.20. The van der Waals surface area contributed by atoms with E-state index < -0.39 is 11.9 Å². The number of nitrogens with one attached hydrogen (secondary N) is 1. The predicted octanol–water partition coefficient (Wildman–Crippen LogP) is 3.62. The third-order valence-electron chi connectivity index (χ3n) is 5.54. The van der Waals surface area contributed by atoms with Gasteiger partial charge in [0.15, 0.2) is 5.78 Å². The molecule has 1 aliphatic heterocycles. The first kappa shape index (κ1) is 18.2. The molecule has 0 saturated carbocycles. The summed E-state index contributed by atoms with van der Waals surface area (Å²) >= 11 is 0. The van der Waals surface area contributed by atoms with Gasteiger partial charge in [-0.2, -0.15) is 0 Å². The third kappa shape index (κ3) is 3.13. The highest BCUT2D eigenvalue weighted by molar-refractivity contribution is 6.04. The standard InChI is InChI=1S/C23H22N2O3/c1-14-20(23(27)28-2)21(16-8-10-24-11-9-16)22-18(25-14)12-17(13-19(22)26)15-6-4-3-5-7-15/h3-11,17,21,25H,12-13H2,1-2H3/t17-,21-/m0/s1. The van der Waals surface area contributed by atoms with Crippen molar-refractivity contribution in [3.05, 3.63) is 88.5 Å². The van der Waals surface area contributed by atoms with Crippen molar-refractivity contribution in [3.63, 3.8) is 0 Å². The first-order chi connectivity index (χ1) is 13.6. The maximum atomic E-state index is 13.3. The molecule has 0 radical (unpaired) electrons. The number of hydrogen-bond donors (Lipinski definition) is 1. The highest BCUT2D eigenvalue weighted by Crippen LogP contribution is 2.45. The van der Waals surface area contributed by atoms with E-state index in [9.17, 15) is 9.59 Å². The Bertz CT molecular complexity index is 977. The minimum atomic E-state index is -0.434. The Balaban J connectivity index is 1.81. The number of esters is 1. The number of Topliss-reactive ketones (excluding diaryl/α,β-unsaturated/α-hetero) is 1. The summed E-state index contributed by atoms with van der Waals surface area (Å²) in [6.07, 6.45) is 4.53. The van der Waals surface area contributed by atoms with E-state index in [1.54, 1.807) is 12.4 Å². The molecule has 2 heterocycles. The molecule has 2 aromatic rings. The van der Waals surface area contributed by atoms with Crippen LogP contribution in [0.1, 0.15) is 42.7 Å². The van der Waals surface area contributed by atoms with E-state index in [2.05, 4.69) is 22.4 Å². The van der Waals surface area contributed by atoms with Crippen molar-refractivity contribution < 1.29 is 14.3 Å². The molecule has 2 aliphatic rings. The van der Waals surface area contributed by atoms with Crippen molar-refractivity contribution in [3.8, 4) is 0 Å². The molecule has 1 aliphatic carbocycles. The van der Waals surface area contributed by atoms with Crippen LogP contribution >= 0.6 is 0 Å². The van der Waals surface area contributed by atoms with Crippen LogP contribution < -0.4 is 5.32 Å². The summed E-state index contributed by atoms with van der Waals surface area (Å²) in [5.41, 5.74) is 4.81. The van der Waals surface area contributed by atoms with Crippen molar-refractivity contribution in [2.24, 2.45) is 0 Å². The summed E-state index contributed by atoms with van der Waals surface area (Å²) in [6, 6.07) is 13.8. The fraction of sp³-hybridized carbons (Fsp3) is 0.261. The van der Waals surface area contributed by atoms with Gasteiger partial charge in [0, 0.05) is 41.7 Å². The number of pyridine rings is 1. The van der Waals surface area contributed by atoms with Crippen LogP contribution in [-0.2, 0) is 14.3 Å². The lowest BCUT2D eigenvalue weighted by molar-refractivity contribution is -0.136. The molecule has 0 amide bonds. The van der Waals surface area contributed by atoms with E-state index in [1.165, 1.54) is 7.11 Å². The second-order valence-corrected chi connectivity index (χ2v) is 7.20. The van der Waals surface area contributed by atoms with Gasteiger partial charge in [0.2, 0.25) is 0 Å². The zero-order chi connectivity index (χ0) is 19.7. The van der Waals surface area contributed by atoms with Gasteiger partial charge >= 0.3 is 5.97 Å². The number of benzene rings is 1. The van der Waals surface area contributed by atoms with Gasteiger partial charge in [0.05, 0.1) is 12.7 Å². The van der Waals surface area contributed by atoms with E-state index in [1.807, 2.05) is 37.3 Å². The Morgan fingerprint density at radius 1 is 1.07 bits per heavy atom. The van der Waals surface area contributed by atoms with Crippen molar-refractivity contribution >= 4 is 11.8 Å². The molecule has 0 saturated heterocycles. The van der Waals surface area contributed by atoms with Crippen LogP contribution in [0.15, 0.2) is 77.4 Å². The minimum absolute atomic E-state index is 0.0679. The Hall–Kier alpha value is -3.21. The summed E-state index contributed by atoms with van der Waals surface area (Å²) in [4.78, 5) is 29.9. The van der Waals surface area contributed by atoms with Crippen molar-refractivity contribution in [2.45, 2.75) is 31.6 Å². The quantitative estimate of drug-likeness (QED) is 0.831. The highest BCUT2D eigenvalue weighted by Gasteiger charge is 2.41. The second kappa shape index (κ2) is 7.43. The summed E-state index contributed by atoms with van der Waals surface area (Å²) < 4.78 is 5.03. The molecule has 5 nitrogen and oxygen atoms in total. The molecule has 0 spiro atoms. The number of allylic oxidation sites excluding steroid dienone is 3. The molecule has 0 unspecified atom stereocenters. The SMILES string of the molecule is COC(=O)C1=C(C)NC2=C(C(=O)C[C@@H](c3ccccc3)C2)[C@H]1c1ccncc1. The van der Waals surface area contributed by atoms with Gasteiger partial charge in [-0.15, -0.1) is 0 Å². The Labute approximate surface area is 164 Å². The van der Waals surface area contributed by atoms with Gasteiger partial charge in [-0.25, -0.2) is 4.79 Å². The fourth-order valence-electron chi connectivity index (χ4n) is 4.27. The zero-order valence-electron chi connectivity index (χ0n) is 15.9. The number of methoxy groups -OCH3 is 1. The average molecular weight is 374 g/mol. The van der Waals surface area contributed by atoms with E-state index in [0.29, 0.717) is 17.6 Å². The van der Waals surface area contributed by atoms with E-state index >= 15 is 0 Å². The van der Waals surface area contributed by atoms with Crippen LogP contribution in [0.5, 0.6) is 0 Å². The van der Waals surface area contributed by atoms with Gasteiger partial charge in [-0.1, -0.05) is 30.3 Å². The molecule has 142 valence electrons. The normalized spacial score (nSPS) is 21.9. The lowest BCUT2D eigenvalue weighted by Gasteiger charge is -2.36. The lowest BCUT2D eigenvalue weighted by atomic mass is 9.72. The topological polar surface area (TPSA) is 68.3 Å². The number of dihydropyridines is 1. The van der Waals surface area contributed by atoms with Crippen LogP contribution in [-0.4, -0.2) is 23.8 Å². The molecule has 1 aromatic carbocycles. The number of ketones is 1. The molecule has 2 atom stereocenters. The fourth-order valence-corrected chi connectivity index (χ4v) is 4.27. The van der Waals surface area contributed by atoms with Gasteiger partial charge in [0.25, 0.3) is 0 Å². The van der Waals surface area contributed by atoms with Gasteiger partial charge in [-0.05, 0) is 42.5 Å². The molecule has 1 aromatic heterocycles. The van der Waals surface area contributed by atoms with Crippen LogP contribution in [0.2, 0.25) is 0 Å². The van der Waals surface area contributed by atoms with Gasteiger partial charge in [0.1, 0.15) is 0 Å². The molecule has 4 rings (SSSR count). The molecular formula is C23H22N2O3. The highest BCUT2D eigenvalue weighted by atomic mass is 16.5. The monoisotopic (exact) mass is 374 g/mol. The molecular weight excluding hydrogens is 352 g/mol. The van der Waals surface area contributed by atoms with Crippen molar-refractivity contribution in [2.75, 3.05) is 7.11 Å². The average Bonchev–Trinajstić information content (AvgIpc) is 2.73. The van der Waals surface area contributed by atoms with E-state index in [4.69, 9.17) is 4.74 Å². The lowest BCUT2D eigenvalue weighted by Crippen LogP contribution is -2.36. The summed E-state index contributed by atoms with van der Waals surface area (Å²) in [7, 11) is 1.37. The van der Waals surface area contributed by atoms with Crippen LogP contribution in [0, 0.1) is 0 Å². The van der Waals surface area contributed by atoms with Crippen LogP contribution in [0.3, 0.4) is 0 Å². The van der Waals surface area contributed by atoms with Gasteiger partial charge in [-0.3, -0.25) is 9.78 Å². The van der Waals surface area contributed by atoms with E-state index in [0.717, 1.165) is 28.9 Å². The number of hydrogen-bond acceptors (Lipinski definition) is 5. The summed E-state index contributed by atoms with van der Waals surface area (Å²) in [5.74, 6) is -0.656. The maximum Gasteiger partial charge on any atom is 0.336 e. The zero-order valence-corrected chi connectivity index (χ0v) is 15.9. The van der Waals surface area contributed by atoms with Crippen molar-refractivity contribution in [1.82, 2.24) is 10.3 Å². The maximum absolute atomic E-state index is 13.3. The number of carbonyl (C=O) groups excluding carboxylic acids is 2. The summed E-state index contributed by atoms with van der Waals surface area (Å²) in [6.45, 7) is 1.86. The van der Waals surface area contributed by atoms with Gasteiger partial charge < -0.3 is 10.1 Å². The molecule has 28 heavy (non-hydrogen) atoms. The smallest absolute Gasteiger partial charge is 0.336 e. The largest absolute Gasteiger partial charge is 0.466 e. The van der Waals surface area contributed by atoms with Crippen LogP contribution in [0.25, 0.3) is 0 Å². The Morgan fingerprint density at radius 2 is 1.79 bits per heavy atom. The van der Waals surface area contributed by atoms with Crippen molar-refractivity contribution in [1.29, 1.82) is 0 Å². The Kier molecular flexibility index (Phi) is 4.82. The number of ether oxygens (including phenoxy) is 1. The first-order valence-electron chi connectivity index (χ1n) is 9.37. The number of rotatable bonds is 3. The molecule has 0 bridgehead atoms. The minimum Gasteiger partial charge on any atom is -0.466 e. The molecule has 5 heteroatoms. The predicted molar refractivity (Wildman–Crippen MR) is 105 cm³/mol. The number of nitrogens with zero attached hydrogens (tertiary/aromatic N) is 1. The number of aromatic nitrogens is 1. The van der Waals surface area contributed by atoms with E-state index in [-0.39, 0.29) is 11.7 Å². The Morgan fingerprint density at radius 3 is 2.46 bits per heavy atom. The number of carbonyl (C=O) groups is 2.